The van der Waals surface area contributed by atoms with Crippen LogP contribution < -0.4 is 5.73 Å². The van der Waals surface area contributed by atoms with E-state index in [0.717, 1.165) is 18.7 Å². The minimum atomic E-state index is -0.197. The lowest BCUT2D eigenvalue weighted by molar-refractivity contribution is 0.166. The number of rotatable bonds is 3. The summed E-state index contributed by atoms with van der Waals surface area (Å²) >= 11 is 0. The van der Waals surface area contributed by atoms with Crippen molar-refractivity contribution < 1.29 is 4.39 Å². The van der Waals surface area contributed by atoms with Crippen LogP contribution in [0.3, 0.4) is 0 Å². The standard InChI is InChI=1S/C14H21FN2/c1-14(2)6-3-7-17(14)10-11-4-5-13(15)12(8-11)9-16/h4-5,8H,3,6-7,9-10,16H2,1-2H3. The van der Waals surface area contributed by atoms with E-state index in [1.807, 2.05) is 12.1 Å². The van der Waals surface area contributed by atoms with Gasteiger partial charge in [-0.2, -0.15) is 0 Å². The molecule has 3 heteroatoms. The topological polar surface area (TPSA) is 29.3 Å². The van der Waals surface area contributed by atoms with E-state index >= 15 is 0 Å². The molecule has 0 aromatic heterocycles. The molecule has 0 aliphatic carbocycles. The van der Waals surface area contributed by atoms with Gasteiger partial charge < -0.3 is 5.73 Å². The van der Waals surface area contributed by atoms with E-state index in [1.165, 1.54) is 18.9 Å². The lowest BCUT2D eigenvalue weighted by Crippen LogP contribution is -2.37. The van der Waals surface area contributed by atoms with E-state index in [9.17, 15) is 4.39 Å². The van der Waals surface area contributed by atoms with Crippen molar-refractivity contribution in [2.75, 3.05) is 6.54 Å². The molecule has 0 spiro atoms. The molecule has 2 N–H and O–H groups in total. The van der Waals surface area contributed by atoms with Gasteiger partial charge in [-0.15, -0.1) is 0 Å². The van der Waals surface area contributed by atoms with E-state index in [0.29, 0.717) is 5.56 Å². The molecule has 0 bridgehead atoms. The zero-order valence-electron chi connectivity index (χ0n) is 10.7. The molecule has 2 nitrogen and oxygen atoms in total. The Labute approximate surface area is 103 Å². The third-order valence-electron chi connectivity index (χ3n) is 3.78. The molecule has 94 valence electrons. The van der Waals surface area contributed by atoms with Crippen LogP contribution in [0.25, 0.3) is 0 Å². The fourth-order valence-electron chi connectivity index (χ4n) is 2.56. The van der Waals surface area contributed by atoms with Crippen molar-refractivity contribution in [3.05, 3.63) is 35.1 Å². The van der Waals surface area contributed by atoms with E-state index < -0.39 is 0 Å². The zero-order chi connectivity index (χ0) is 12.5. The second-order valence-electron chi connectivity index (χ2n) is 5.47. The summed E-state index contributed by atoms with van der Waals surface area (Å²) in [7, 11) is 0. The van der Waals surface area contributed by atoms with Gasteiger partial charge in [0.25, 0.3) is 0 Å². The second kappa shape index (κ2) is 4.75. The van der Waals surface area contributed by atoms with Crippen molar-refractivity contribution >= 4 is 0 Å². The maximum atomic E-state index is 13.3. The molecule has 0 saturated carbocycles. The summed E-state index contributed by atoms with van der Waals surface area (Å²) in [5.74, 6) is -0.197. The molecule has 17 heavy (non-hydrogen) atoms. The third-order valence-corrected chi connectivity index (χ3v) is 3.78. The molecule has 0 amide bonds. The summed E-state index contributed by atoms with van der Waals surface area (Å²) in [5.41, 5.74) is 7.55. The first-order valence-corrected chi connectivity index (χ1v) is 6.25. The summed E-state index contributed by atoms with van der Waals surface area (Å²) < 4.78 is 13.3. The van der Waals surface area contributed by atoms with Gasteiger partial charge in [0, 0.05) is 24.2 Å². The Balaban J connectivity index is 2.13. The summed E-state index contributed by atoms with van der Waals surface area (Å²) in [6.07, 6.45) is 2.48. The quantitative estimate of drug-likeness (QED) is 0.874. The van der Waals surface area contributed by atoms with Crippen LogP contribution in [0.2, 0.25) is 0 Å². The highest BCUT2D eigenvalue weighted by atomic mass is 19.1. The molecule has 1 aliphatic heterocycles. The average molecular weight is 236 g/mol. The first kappa shape index (κ1) is 12.5. The van der Waals surface area contributed by atoms with Crippen molar-refractivity contribution in [1.29, 1.82) is 0 Å². The van der Waals surface area contributed by atoms with E-state index in [2.05, 4.69) is 18.7 Å². The maximum Gasteiger partial charge on any atom is 0.127 e. The van der Waals surface area contributed by atoms with Crippen molar-refractivity contribution in [2.24, 2.45) is 5.73 Å². The highest BCUT2D eigenvalue weighted by Gasteiger charge is 2.31. The molecular weight excluding hydrogens is 215 g/mol. The van der Waals surface area contributed by atoms with Crippen LogP contribution in [0.1, 0.15) is 37.8 Å². The van der Waals surface area contributed by atoms with Crippen LogP contribution >= 0.6 is 0 Å². The summed E-state index contributed by atoms with van der Waals surface area (Å²) in [6, 6.07) is 5.28. The predicted octanol–water partition coefficient (Wildman–Crippen LogP) is 2.66. The number of benzene rings is 1. The average Bonchev–Trinajstić information content (AvgIpc) is 2.61. The monoisotopic (exact) mass is 236 g/mol. The molecule has 0 radical (unpaired) electrons. The number of nitrogens with two attached hydrogens (primary N) is 1. The lowest BCUT2D eigenvalue weighted by Gasteiger charge is -2.31. The van der Waals surface area contributed by atoms with Crippen LogP contribution in [-0.2, 0) is 13.1 Å². The molecule has 2 rings (SSSR count). The van der Waals surface area contributed by atoms with E-state index in [-0.39, 0.29) is 17.9 Å². The van der Waals surface area contributed by atoms with Gasteiger partial charge in [-0.25, -0.2) is 4.39 Å². The van der Waals surface area contributed by atoms with E-state index in [4.69, 9.17) is 5.73 Å². The predicted molar refractivity (Wildman–Crippen MR) is 68.0 cm³/mol. The summed E-state index contributed by atoms with van der Waals surface area (Å²) in [4.78, 5) is 2.46. The van der Waals surface area contributed by atoms with Gasteiger partial charge >= 0.3 is 0 Å². The van der Waals surface area contributed by atoms with Crippen molar-refractivity contribution in [3.8, 4) is 0 Å². The normalized spacial score (nSPS) is 19.8. The third kappa shape index (κ3) is 2.67. The molecule has 0 atom stereocenters. The molecule has 1 aliphatic rings. The number of likely N-dealkylation sites (tertiary alicyclic amines) is 1. The van der Waals surface area contributed by atoms with Crippen LogP contribution in [0, 0.1) is 5.82 Å². The number of halogens is 1. The van der Waals surface area contributed by atoms with Gasteiger partial charge in [-0.1, -0.05) is 12.1 Å². The smallest absolute Gasteiger partial charge is 0.127 e. The lowest BCUT2D eigenvalue weighted by atomic mass is 10.0. The van der Waals surface area contributed by atoms with Crippen LogP contribution in [0.5, 0.6) is 0 Å². The summed E-state index contributed by atoms with van der Waals surface area (Å²) in [6.45, 7) is 6.83. The minimum absolute atomic E-state index is 0.197. The highest BCUT2D eigenvalue weighted by Crippen LogP contribution is 2.29. The Morgan fingerprint density at radius 3 is 2.76 bits per heavy atom. The molecule has 1 fully saturated rings. The highest BCUT2D eigenvalue weighted by molar-refractivity contribution is 5.25. The Hall–Kier alpha value is -0.930. The molecule has 1 aromatic carbocycles. The van der Waals surface area contributed by atoms with Gasteiger partial charge in [0.15, 0.2) is 0 Å². The fourth-order valence-corrected chi connectivity index (χ4v) is 2.56. The van der Waals surface area contributed by atoms with Gasteiger partial charge in [-0.05, 0) is 44.9 Å². The minimum Gasteiger partial charge on any atom is -0.326 e. The maximum absolute atomic E-state index is 13.3. The van der Waals surface area contributed by atoms with Gasteiger partial charge in [-0.3, -0.25) is 4.90 Å². The first-order chi connectivity index (χ1) is 8.03. The molecule has 1 heterocycles. The Morgan fingerprint density at radius 2 is 2.18 bits per heavy atom. The Kier molecular flexibility index (Phi) is 3.50. The van der Waals surface area contributed by atoms with Crippen LogP contribution in [0.4, 0.5) is 4.39 Å². The second-order valence-corrected chi connectivity index (χ2v) is 5.47. The molecule has 1 aromatic rings. The number of nitrogens with zero attached hydrogens (tertiary/aromatic N) is 1. The zero-order valence-corrected chi connectivity index (χ0v) is 10.7. The number of hydrogen-bond acceptors (Lipinski definition) is 2. The number of hydrogen-bond donors (Lipinski definition) is 1. The Morgan fingerprint density at radius 1 is 1.41 bits per heavy atom. The van der Waals surface area contributed by atoms with Gasteiger partial charge in [0.2, 0.25) is 0 Å². The fraction of sp³-hybridized carbons (Fsp3) is 0.571. The Bertz CT molecular complexity index is 401. The van der Waals surface area contributed by atoms with Crippen molar-refractivity contribution in [2.45, 2.75) is 45.3 Å². The van der Waals surface area contributed by atoms with Crippen molar-refractivity contribution in [1.82, 2.24) is 4.90 Å². The van der Waals surface area contributed by atoms with Crippen molar-refractivity contribution in [3.63, 3.8) is 0 Å². The van der Waals surface area contributed by atoms with Crippen LogP contribution in [0.15, 0.2) is 18.2 Å². The first-order valence-electron chi connectivity index (χ1n) is 6.25. The van der Waals surface area contributed by atoms with Crippen LogP contribution in [-0.4, -0.2) is 17.0 Å². The SMILES string of the molecule is CC1(C)CCCN1Cc1ccc(F)c(CN)c1. The summed E-state index contributed by atoms with van der Waals surface area (Å²) in [5, 5.41) is 0. The van der Waals surface area contributed by atoms with Gasteiger partial charge in [0.05, 0.1) is 0 Å². The van der Waals surface area contributed by atoms with Gasteiger partial charge in [0.1, 0.15) is 5.82 Å². The molecule has 1 saturated heterocycles. The molecule has 0 unspecified atom stereocenters. The molecular formula is C14H21FN2. The van der Waals surface area contributed by atoms with E-state index in [1.54, 1.807) is 0 Å². The largest absolute Gasteiger partial charge is 0.326 e.